The molecule has 9 heteroatoms. The quantitative estimate of drug-likeness (QED) is 0.552. The highest BCUT2D eigenvalue weighted by atomic mass is 32.2. The first-order chi connectivity index (χ1) is 14.4. The number of hydrogen-bond acceptors (Lipinski definition) is 6. The van der Waals surface area contributed by atoms with Gasteiger partial charge in [0.1, 0.15) is 10.6 Å². The minimum atomic E-state index is -3.88. The number of hydrogen-bond donors (Lipinski definition) is 1. The van der Waals surface area contributed by atoms with Gasteiger partial charge in [-0.2, -0.15) is 5.10 Å². The number of rotatable bonds is 8. The summed E-state index contributed by atoms with van der Waals surface area (Å²) in [5, 5.41) is 4.16. The molecule has 0 saturated heterocycles. The van der Waals surface area contributed by atoms with Crippen LogP contribution in [-0.2, 0) is 28.2 Å². The van der Waals surface area contributed by atoms with Gasteiger partial charge in [-0.15, -0.1) is 0 Å². The SMILES string of the molecule is COC(=O)c1ccc(OC)c(S(=O)(=O)NCCc2ccc(-c3ccnn3C)cc2)c1. The Morgan fingerprint density at radius 1 is 1.10 bits per heavy atom. The molecule has 0 bridgehead atoms. The van der Waals surface area contributed by atoms with Gasteiger partial charge in [-0.25, -0.2) is 17.9 Å². The van der Waals surface area contributed by atoms with Crippen LogP contribution >= 0.6 is 0 Å². The smallest absolute Gasteiger partial charge is 0.337 e. The maximum absolute atomic E-state index is 12.8. The molecular formula is C21H23N3O5S. The molecule has 0 aliphatic carbocycles. The third-order valence-electron chi connectivity index (χ3n) is 4.65. The van der Waals surface area contributed by atoms with Gasteiger partial charge in [-0.05, 0) is 41.8 Å². The Morgan fingerprint density at radius 2 is 1.83 bits per heavy atom. The van der Waals surface area contributed by atoms with Crippen molar-refractivity contribution in [2.24, 2.45) is 7.05 Å². The predicted octanol–water partition coefficient (Wildman–Crippen LogP) is 2.40. The van der Waals surface area contributed by atoms with E-state index in [0.717, 1.165) is 16.8 Å². The first-order valence-corrected chi connectivity index (χ1v) is 10.7. The number of aromatic nitrogens is 2. The van der Waals surface area contributed by atoms with E-state index in [4.69, 9.17) is 4.74 Å². The standard InChI is InChI=1S/C21H23N3O5S/c1-24-18(11-12-22-24)16-6-4-15(5-7-16)10-13-23-30(26,27)20-14-17(21(25)29-3)8-9-19(20)28-2/h4-9,11-12,14,23H,10,13H2,1-3H3. The number of carbonyl (C=O) groups is 1. The summed E-state index contributed by atoms with van der Waals surface area (Å²) < 4.78 is 39.7. The molecule has 0 spiro atoms. The van der Waals surface area contributed by atoms with Crippen molar-refractivity contribution in [2.75, 3.05) is 20.8 Å². The Labute approximate surface area is 175 Å². The summed E-state index contributed by atoms with van der Waals surface area (Å²) in [7, 11) is 0.601. The van der Waals surface area contributed by atoms with E-state index in [9.17, 15) is 13.2 Å². The van der Waals surface area contributed by atoms with E-state index >= 15 is 0 Å². The van der Waals surface area contributed by atoms with E-state index in [0.29, 0.717) is 6.42 Å². The highest BCUT2D eigenvalue weighted by molar-refractivity contribution is 7.89. The van der Waals surface area contributed by atoms with Crippen LogP contribution < -0.4 is 9.46 Å². The molecule has 0 unspecified atom stereocenters. The first-order valence-electron chi connectivity index (χ1n) is 9.19. The Balaban J connectivity index is 1.69. The van der Waals surface area contributed by atoms with E-state index in [1.807, 2.05) is 37.4 Å². The topological polar surface area (TPSA) is 99.5 Å². The number of sulfonamides is 1. The summed E-state index contributed by atoms with van der Waals surface area (Å²) in [5.41, 5.74) is 3.15. The molecule has 0 saturated carbocycles. The molecule has 3 rings (SSSR count). The van der Waals surface area contributed by atoms with Gasteiger partial charge in [0.2, 0.25) is 10.0 Å². The molecule has 1 N–H and O–H groups in total. The second kappa shape index (κ2) is 9.10. The van der Waals surface area contributed by atoms with E-state index < -0.39 is 16.0 Å². The Hall–Kier alpha value is -3.17. The van der Waals surface area contributed by atoms with Crippen LogP contribution in [0.1, 0.15) is 15.9 Å². The number of methoxy groups -OCH3 is 2. The van der Waals surface area contributed by atoms with Gasteiger partial charge < -0.3 is 9.47 Å². The van der Waals surface area contributed by atoms with Crippen molar-refractivity contribution in [1.82, 2.24) is 14.5 Å². The zero-order valence-electron chi connectivity index (χ0n) is 17.0. The molecule has 0 fully saturated rings. The van der Waals surface area contributed by atoms with Crippen molar-refractivity contribution in [3.8, 4) is 17.0 Å². The monoisotopic (exact) mass is 429 g/mol. The molecule has 0 amide bonds. The summed E-state index contributed by atoms with van der Waals surface area (Å²) in [6.45, 7) is 0.193. The van der Waals surface area contributed by atoms with E-state index in [2.05, 4.69) is 14.6 Å². The molecular weight excluding hydrogens is 406 g/mol. The van der Waals surface area contributed by atoms with E-state index in [1.165, 1.54) is 32.4 Å². The van der Waals surface area contributed by atoms with Crippen LogP contribution in [0.15, 0.2) is 59.6 Å². The van der Waals surface area contributed by atoms with Gasteiger partial charge in [-0.3, -0.25) is 4.68 Å². The van der Waals surface area contributed by atoms with Gasteiger partial charge in [0.25, 0.3) is 0 Å². The van der Waals surface area contributed by atoms with Crippen LogP contribution in [-0.4, -0.2) is 44.9 Å². The third kappa shape index (κ3) is 4.69. The average Bonchev–Trinajstić information content (AvgIpc) is 3.19. The van der Waals surface area contributed by atoms with Gasteiger partial charge in [0, 0.05) is 19.8 Å². The fourth-order valence-corrected chi connectivity index (χ4v) is 4.26. The van der Waals surface area contributed by atoms with Gasteiger partial charge in [0.15, 0.2) is 0 Å². The molecule has 0 atom stereocenters. The number of benzene rings is 2. The minimum absolute atomic E-state index is 0.112. The maximum Gasteiger partial charge on any atom is 0.337 e. The minimum Gasteiger partial charge on any atom is -0.495 e. The van der Waals surface area contributed by atoms with Crippen LogP contribution in [0.25, 0.3) is 11.3 Å². The van der Waals surface area contributed by atoms with Crippen molar-refractivity contribution >= 4 is 16.0 Å². The lowest BCUT2D eigenvalue weighted by Crippen LogP contribution is -2.26. The maximum atomic E-state index is 12.8. The van der Waals surface area contributed by atoms with Crippen LogP contribution in [0.3, 0.4) is 0 Å². The van der Waals surface area contributed by atoms with Crippen LogP contribution in [0, 0.1) is 0 Å². The molecule has 2 aromatic carbocycles. The summed E-state index contributed by atoms with van der Waals surface area (Å²) >= 11 is 0. The van der Waals surface area contributed by atoms with Crippen molar-refractivity contribution in [1.29, 1.82) is 0 Å². The number of esters is 1. The largest absolute Gasteiger partial charge is 0.495 e. The Kier molecular flexibility index (Phi) is 6.53. The number of nitrogens with one attached hydrogen (secondary N) is 1. The predicted molar refractivity (Wildman–Crippen MR) is 112 cm³/mol. The zero-order chi connectivity index (χ0) is 21.7. The number of carbonyl (C=O) groups excluding carboxylic acids is 1. The molecule has 0 radical (unpaired) electrons. The summed E-state index contributed by atoms with van der Waals surface area (Å²) in [4.78, 5) is 11.6. The van der Waals surface area contributed by atoms with Crippen LogP contribution in [0.5, 0.6) is 5.75 Å². The lowest BCUT2D eigenvalue weighted by atomic mass is 10.1. The molecule has 1 heterocycles. The van der Waals surface area contributed by atoms with Crippen molar-refractivity contribution in [3.05, 3.63) is 65.9 Å². The van der Waals surface area contributed by atoms with Crippen LogP contribution in [0.4, 0.5) is 0 Å². The number of aryl methyl sites for hydroxylation is 1. The molecule has 1 aromatic heterocycles. The second-order valence-corrected chi connectivity index (χ2v) is 8.28. The van der Waals surface area contributed by atoms with Crippen molar-refractivity contribution in [3.63, 3.8) is 0 Å². The first kappa shape index (κ1) is 21.5. The number of ether oxygens (including phenoxy) is 2. The fourth-order valence-electron chi connectivity index (χ4n) is 3.04. The molecule has 30 heavy (non-hydrogen) atoms. The second-order valence-electron chi connectivity index (χ2n) is 6.54. The van der Waals surface area contributed by atoms with Crippen LogP contribution in [0.2, 0.25) is 0 Å². The summed E-state index contributed by atoms with van der Waals surface area (Å²) in [5.74, 6) is -0.474. The highest BCUT2D eigenvalue weighted by Gasteiger charge is 2.21. The normalized spacial score (nSPS) is 11.3. The van der Waals surface area contributed by atoms with Crippen molar-refractivity contribution < 1.29 is 22.7 Å². The Morgan fingerprint density at radius 3 is 2.43 bits per heavy atom. The molecule has 3 aromatic rings. The molecule has 0 aliphatic rings. The molecule has 0 aliphatic heterocycles. The van der Waals surface area contributed by atoms with Gasteiger partial charge >= 0.3 is 5.97 Å². The third-order valence-corrected chi connectivity index (χ3v) is 6.13. The summed E-state index contributed by atoms with van der Waals surface area (Å²) in [6.07, 6.45) is 2.24. The lowest BCUT2D eigenvalue weighted by molar-refractivity contribution is 0.0600. The van der Waals surface area contributed by atoms with Gasteiger partial charge in [-0.1, -0.05) is 24.3 Å². The summed E-state index contributed by atoms with van der Waals surface area (Å²) in [6, 6.07) is 13.9. The molecule has 158 valence electrons. The average molecular weight is 429 g/mol. The lowest BCUT2D eigenvalue weighted by Gasteiger charge is -2.12. The van der Waals surface area contributed by atoms with E-state index in [-0.39, 0.29) is 22.8 Å². The Bertz CT molecular complexity index is 1140. The van der Waals surface area contributed by atoms with Gasteiger partial charge in [0.05, 0.1) is 25.5 Å². The fraction of sp³-hybridized carbons (Fsp3) is 0.238. The van der Waals surface area contributed by atoms with E-state index in [1.54, 1.807) is 10.9 Å². The molecule has 8 nitrogen and oxygen atoms in total. The van der Waals surface area contributed by atoms with Crippen molar-refractivity contribution in [2.45, 2.75) is 11.3 Å². The highest BCUT2D eigenvalue weighted by Crippen LogP contribution is 2.25. The number of nitrogens with zero attached hydrogens (tertiary/aromatic N) is 2. The zero-order valence-corrected chi connectivity index (χ0v) is 17.8.